The van der Waals surface area contributed by atoms with Gasteiger partial charge in [-0.2, -0.15) is 0 Å². The van der Waals surface area contributed by atoms with Crippen LogP contribution in [0.5, 0.6) is 0 Å². The van der Waals surface area contributed by atoms with Crippen LogP contribution in [0.25, 0.3) is 11.4 Å². The molecule has 120 valence electrons. The van der Waals surface area contributed by atoms with Gasteiger partial charge in [0.1, 0.15) is 5.82 Å². The smallest absolute Gasteiger partial charge is 0.269 e. The largest absolute Gasteiger partial charge is 0.366 e. The molecule has 1 aromatic heterocycles. The van der Waals surface area contributed by atoms with Crippen molar-refractivity contribution in [3.8, 4) is 11.4 Å². The van der Waals surface area contributed by atoms with Gasteiger partial charge in [-0.25, -0.2) is 4.98 Å². The lowest BCUT2D eigenvalue weighted by atomic mass is 10.1. The Balaban J connectivity index is 2.10. The molecule has 2 heterocycles. The van der Waals surface area contributed by atoms with Crippen molar-refractivity contribution in [1.82, 2.24) is 14.5 Å². The topological polar surface area (TPSA) is 107 Å². The molecule has 0 aliphatic carbocycles. The molecule has 1 aliphatic heterocycles. The quantitative estimate of drug-likeness (QED) is 0.864. The molecular formula is C16H19N5O2. The summed E-state index contributed by atoms with van der Waals surface area (Å²) in [6.45, 7) is 2.34. The maximum absolute atomic E-state index is 11.7. The molecule has 0 unspecified atom stereocenters. The SMILES string of the molecule is CN1CCCn2c(-c3ccc(C(N)=O)cc3)nc(C(N)=O)c2C1. The Morgan fingerprint density at radius 2 is 1.78 bits per heavy atom. The van der Waals surface area contributed by atoms with Crippen molar-refractivity contribution in [3.05, 3.63) is 41.2 Å². The molecule has 0 atom stereocenters. The summed E-state index contributed by atoms with van der Waals surface area (Å²) < 4.78 is 2.04. The van der Waals surface area contributed by atoms with E-state index in [0.29, 0.717) is 23.6 Å². The predicted octanol–water partition coefficient (Wildman–Crippen LogP) is 0.583. The van der Waals surface area contributed by atoms with E-state index in [9.17, 15) is 9.59 Å². The third-order valence-electron chi connectivity index (χ3n) is 4.07. The van der Waals surface area contributed by atoms with Gasteiger partial charge in [0.25, 0.3) is 5.91 Å². The number of nitrogens with two attached hydrogens (primary N) is 2. The molecule has 3 rings (SSSR count). The first-order valence-electron chi connectivity index (χ1n) is 7.45. The number of rotatable bonds is 3. The lowest BCUT2D eigenvalue weighted by Gasteiger charge is -2.12. The summed E-state index contributed by atoms with van der Waals surface area (Å²) in [6, 6.07) is 6.89. The molecule has 2 aromatic rings. The molecule has 4 N–H and O–H groups in total. The third kappa shape index (κ3) is 2.83. The second kappa shape index (κ2) is 5.85. The monoisotopic (exact) mass is 313 g/mol. The van der Waals surface area contributed by atoms with E-state index in [-0.39, 0.29) is 0 Å². The van der Waals surface area contributed by atoms with Crippen molar-refractivity contribution >= 4 is 11.8 Å². The minimum atomic E-state index is -0.524. The Morgan fingerprint density at radius 1 is 1.09 bits per heavy atom. The fraction of sp³-hybridized carbons (Fsp3) is 0.312. The van der Waals surface area contributed by atoms with Gasteiger partial charge in [-0.05, 0) is 32.1 Å². The molecule has 1 aliphatic rings. The van der Waals surface area contributed by atoms with E-state index in [1.165, 1.54) is 0 Å². The summed E-state index contributed by atoms with van der Waals surface area (Å²) in [5, 5.41) is 0. The number of hydrogen-bond acceptors (Lipinski definition) is 4. The molecule has 1 aromatic carbocycles. The molecule has 0 bridgehead atoms. The highest BCUT2D eigenvalue weighted by Crippen LogP contribution is 2.26. The third-order valence-corrected chi connectivity index (χ3v) is 4.07. The molecule has 2 amide bonds. The number of amides is 2. The standard InChI is InChI=1S/C16H19N5O2/c1-20-7-2-8-21-12(9-20)13(15(18)23)19-16(21)11-5-3-10(4-6-11)14(17)22/h3-6H,2,7-9H2,1H3,(H2,17,22)(H2,18,23). The average Bonchev–Trinajstić information content (AvgIpc) is 2.75. The number of hydrogen-bond donors (Lipinski definition) is 2. The van der Waals surface area contributed by atoms with Crippen LogP contribution in [0, 0.1) is 0 Å². The fourth-order valence-corrected chi connectivity index (χ4v) is 2.92. The summed E-state index contributed by atoms with van der Waals surface area (Å²) in [6.07, 6.45) is 0.963. The molecule has 0 spiro atoms. The van der Waals surface area contributed by atoms with Crippen LogP contribution in [0.4, 0.5) is 0 Å². The Hall–Kier alpha value is -2.67. The second-order valence-electron chi connectivity index (χ2n) is 5.78. The van der Waals surface area contributed by atoms with Crippen LogP contribution in [0.15, 0.2) is 24.3 Å². The van der Waals surface area contributed by atoms with Crippen LogP contribution in [-0.4, -0.2) is 39.9 Å². The van der Waals surface area contributed by atoms with Crippen molar-refractivity contribution in [2.45, 2.75) is 19.5 Å². The van der Waals surface area contributed by atoms with E-state index in [4.69, 9.17) is 11.5 Å². The summed E-state index contributed by atoms with van der Waals surface area (Å²) >= 11 is 0. The van der Waals surface area contributed by atoms with Gasteiger partial charge in [-0.1, -0.05) is 12.1 Å². The van der Waals surface area contributed by atoms with E-state index in [0.717, 1.165) is 30.8 Å². The first-order valence-corrected chi connectivity index (χ1v) is 7.45. The zero-order valence-corrected chi connectivity index (χ0v) is 13.0. The van der Waals surface area contributed by atoms with Crippen molar-refractivity contribution in [1.29, 1.82) is 0 Å². The molecule has 7 nitrogen and oxygen atoms in total. The van der Waals surface area contributed by atoms with Gasteiger partial charge in [0.15, 0.2) is 5.69 Å². The average molecular weight is 313 g/mol. The number of benzene rings is 1. The van der Waals surface area contributed by atoms with Crippen LogP contribution in [-0.2, 0) is 13.1 Å². The molecular weight excluding hydrogens is 294 g/mol. The molecule has 0 fully saturated rings. The van der Waals surface area contributed by atoms with Crippen LogP contribution in [0.3, 0.4) is 0 Å². The van der Waals surface area contributed by atoms with E-state index < -0.39 is 11.8 Å². The van der Waals surface area contributed by atoms with Crippen molar-refractivity contribution in [2.24, 2.45) is 11.5 Å². The van der Waals surface area contributed by atoms with Crippen LogP contribution in [0.2, 0.25) is 0 Å². The summed E-state index contributed by atoms with van der Waals surface area (Å²) in [5.74, 6) is -0.304. The molecule has 7 heteroatoms. The van der Waals surface area contributed by atoms with Crippen LogP contribution >= 0.6 is 0 Å². The zero-order valence-electron chi connectivity index (χ0n) is 13.0. The summed E-state index contributed by atoms with van der Waals surface area (Å²) in [5.41, 5.74) is 13.2. The minimum absolute atomic E-state index is 0.313. The normalized spacial score (nSPS) is 15.0. The zero-order chi connectivity index (χ0) is 16.6. The lowest BCUT2D eigenvalue weighted by molar-refractivity contribution is 0.0988. The van der Waals surface area contributed by atoms with Gasteiger partial charge < -0.3 is 20.9 Å². The van der Waals surface area contributed by atoms with Crippen LogP contribution < -0.4 is 11.5 Å². The highest BCUT2D eigenvalue weighted by atomic mass is 16.1. The van der Waals surface area contributed by atoms with E-state index >= 15 is 0 Å². The van der Waals surface area contributed by atoms with Crippen molar-refractivity contribution in [2.75, 3.05) is 13.6 Å². The van der Waals surface area contributed by atoms with Crippen molar-refractivity contribution < 1.29 is 9.59 Å². The number of aromatic nitrogens is 2. The number of imidazole rings is 1. The van der Waals surface area contributed by atoms with E-state index in [2.05, 4.69) is 9.88 Å². The summed E-state index contributed by atoms with van der Waals surface area (Å²) in [4.78, 5) is 29.5. The van der Waals surface area contributed by atoms with E-state index in [1.807, 2.05) is 11.6 Å². The van der Waals surface area contributed by atoms with Gasteiger partial charge in [0.05, 0.1) is 5.69 Å². The Bertz CT molecular complexity index is 764. The maximum Gasteiger partial charge on any atom is 0.269 e. The number of primary amides is 2. The number of nitrogens with zero attached hydrogens (tertiary/aromatic N) is 3. The van der Waals surface area contributed by atoms with E-state index in [1.54, 1.807) is 24.3 Å². The van der Waals surface area contributed by atoms with Gasteiger partial charge >= 0.3 is 0 Å². The fourth-order valence-electron chi connectivity index (χ4n) is 2.92. The molecule has 0 saturated carbocycles. The Labute approximate surface area is 133 Å². The Kier molecular flexibility index (Phi) is 3.87. The molecule has 0 radical (unpaired) electrons. The molecule has 23 heavy (non-hydrogen) atoms. The van der Waals surface area contributed by atoms with Crippen LogP contribution in [0.1, 0.15) is 33.0 Å². The summed E-state index contributed by atoms with van der Waals surface area (Å²) in [7, 11) is 2.01. The van der Waals surface area contributed by atoms with Crippen molar-refractivity contribution in [3.63, 3.8) is 0 Å². The minimum Gasteiger partial charge on any atom is -0.366 e. The number of carbonyl (C=O) groups is 2. The first-order chi connectivity index (χ1) is 11.0. The van der Waals surface area contributed by atoms with Gasteiger partial charge in [-0.3, -0.25) is 9.59 Å². The predicted molar refractivity (Wildman–Crippen MR) is 85.6 cm³/mol. The maximum atomic E-state index is 11.7. The highest BCUT2D eigenvalue weighted by Gasteiger charge is 2.24. The number of fused-ring (bicyclic) bond motifs is 1. The van der Waals surface area contributed by atoms with Gasteiger partial charge in [-0.15, -0.1) is 0 Å². The molecule has 0 saturated heterocycles. The first kappa shape index (κ1) is 15.2. The lowest BCUT2D eigenvalue weighted by Crippen LogP contribution is -2.21. The highest BCUT2D eigenvalue weighted by molar-refractivity contribution is 5.94. The second-order valence-corrected chi connectivity index (χ2v) is 5.78. The Morgan fingerprint density at radius 3 is 2.39 bits per heavy atom. The van der Waals surface area contributed by atoms with Gasteiger partial charge in [0.2, 0.25) is 5.91 Å². The van der Waals surface area contributed by atoms with Gasteiger partial charge in [0, 0.05) is 24.2 Å². The number of carbonyl (C=O) groups excluding carboxylic acids is 2.